The molecule has 2 rings (SSSR count). The first-order valence-corrected chi connectivity index (χ1v) is 5.44. The Kier molecular flexibility index (Phi) is 2.34. The highest BCUT2D eigenvalue weighted by Gasteiger charge is 2.14. The highest BCUT2D eigenvalue weighted by Crippen LogP contribution is 2.28. The number of hydrogen-bond donors (Lipinski definition) is 0. The maximum absolute atomic E-state index is 5.74. The van der Waals surface area contributed by atoms with Gasteiger partial charge in [0.2, 0.25) is 0 Å². The van der Waals surface area contributed by atoms with Gasteiger partial charge >= 0.3 is 0 Å². The smallest absolute Gasteiger partial charge is 0.137 e. The van der Waals surface area contributed by atoms with Crippen LogP contribution in [-0.4, -0.2) is 0 Å². The molecule has 2 aromatic rings. The minimum Gasteiger partial charge on any atom is -0.461 e. The molecule has 1 heteroatoms. The van der Waals surface area contributed by atoms with Gasteiger partial charge in [0.05, 0.1) is 0 Å². The van der Waals surface area contributed by atoms with Crippen LogP contribution in [0.1, 0.15) is 32.1 Å². The molecular formula is C14H18O. The number of fused-ring (bicyclic) bond motifs is 1. The van der Waals surface area contributed by atoms with Crippen LogP contribution in [0.4, 0.5) is 0 Å². The molecule has 1 nitrogen and oxygen atoms in total. The second-order valence-corrected chi connectivity index (χ2v) is 5.43. The van der Waals surface area contributed by atoms with E-state index in [1.54, 1.807) is 0 Å². The molecule has 0 bridgehead atoms. The molecule has 0 aliphatic carbocycles. The van der Waals surface area contributed by atoms with Crippen molar-refractivity contribution >= 4 is 11.0 Å². The van der Waals surface area contributed by atoms with Crippen LogP contribution in [0.2, 0.25) is 0 Å². The van der Waals surface area contributed by atoms with Crippen molar-refractivity contribution in [3.8, 4) is 0 Å². The quantitative estimate of drug-likeness (QED) is 0.670. The van der Waals surface area contributed by atoms with E-state index in [2.05, 4.69) is 45.0 Å². The summed E-state index contributed by atoms with van der Waals surface area (Å²) in [6.07, 6.45) is 1.05. The summed E-state index contributed by atoms with van der Waals surface area (Å²) in [6.45, 7) is 8.76. The van der Waals surface area contributed by atoms with Crippen LogP contribution < -0.4 is 0 Å². The fourth-order valence-corrected chi connectivity index (χ4v) is 1.96. The second-order valence-electron chi connectivity index (χ2n) is 5.43. The van der Waals surface area contributed by atoms with Gasteiger partial charge in [-0.3, -0.25) is 0 Å². The monoisotopic (exact) mass is 202 g/mol. The maximum atomic E-state index is 5.74. The molecule has 0 saturated carbocycles. The maximum Gasteiger partial charge on any atom is 0.137 e. The fourth-order valence-electron chi connectivity index (χ4n) is 1.96. The highest BCUT2D eigenvalue weighted by atomic mass is 16.3. The number of aryl methyl sites for hydroxylation is 1. The molecule has 1 aromatic heterocycles. The Morgan fingerprint density at radius 1 is 1.20 bits per heavy atom. The highest BCUT2D eigenvalue weighted by molar-refractivity contribution is 5.81. The van der Waals surface area contributed by atoms with Gasteiger partial charge in [0, 0.05) is 5.39 Å². The summed E-state index contributed by atoms with van der Waals surface area (Å²) in [6, 6.07) is 8.48. The van der Waals surface area contributed by atoms with Gasteiger partial charge in [-0.05, 0) is 30.4 Å². The minimum absolute atomic E-state index is 0.301. The third-order valence-electron chi connectivity index (χ3n) is 2.47. The molecule has 0 radical (unpaired) electrons. The Morgan fingerprint density at radius 3 is 2.60 bits per heavy atom. The zero-order valence-electron chi connectivity index (χ0n) is 9.92. The van der Waals surface area contributed by atoms with Crippen molar-refractivity contribution < 1.29 is 4.42 Å². The van der Waals surface area contributed by atoms with Gasteiger partial charge in [-0.1, -0.05) is 39.0 Å². The van der Waals surface area contributed by atoms with Crippen molar-refractivity contribution in [2.75, 3.05) is 0 Å². The normalized spacial score (nSPS) is 12.3. The van der Waals surface area contributed by atoms with Crippen LogP contribution in [0.25, 0.3) is 11.0 Å². The standard InChI is InChI=1S/C14H18O/c1-10-8-11-6-5-7-12(13(11)15-10)9-14(2,3)4/h5-8H,9H2,1-4H3. The summed E-state index contributed by atoms with van der Waals surface area (Å²) in [5.74, 6) is 0.992. The lowest BCUT2D eigenvalue weighted by molar-refractivity contribution is 0.409. The lowest BCUT2D eigenvalue weighted by Crippen LogP contribution is -2.09. The van der Waals surface area contributed by atoms with Gasteiger partial charge in [-0.2, -0.15) is 0 Å². The second kappa shape index (κ2) is 3.41. The van der Waals surface area contributed by atoms with E-state index in [1.807, 2.05) is 6.92 Å². The summed E-state index contributed by atoms with van der Waals surface area (Å²) in [7, 11) is 0. The molecule has 0 fully saturated rings. The summed E-state index contributed by atoms with van der Waals surface area (Å²) in [5.41, 5.74) is 2.67. The van der Waals surface area contributed by atoms with Crippen LogP contribution in [0.5, 0.6) is 0 Å². The van der Waals surface area contributed by atoms with E-state index in [9.17, 15) is 0 Å². The van der Waals surface area contributed by atoms with Crippen molar-refractivity contribution in [3.63, 3.8) is 0 Å². The van der Waals surface area contributed by atoms with Crippen molar-refractivity contribution in [1.29, 1.82) is 0 Å². The molecule has 0 saturated heterocycles. The van der Waals surface area contributed by atoms with Crippen LogP contribution in [0.15, 0.2) is 28.7 Å². The van der Waals surface area contributed by atoms with Crippen molar-refractivity contribution in [2.24, 2.45) is 5.41 Å². The van der Waals surface area contributed by atoms with E-state index in [4.69, 9.17) is 4.42 Å². The number of hydrogen-bond acceptors (Lipinski definition) is 1. The molecule has 0 spiro atoms. The number of benzene rings is 1. The Morgan fingerprint density at radius 2 is 1.93 bits per heavy atom. The van der Waals surface area contributed by atoms with Gasteiger partial charge in [0.25, 0.3) is 0 Å². The molecule has 0 amide bonds. The zero-order chi connectivity index (χ0) is 11.1. The Bertz CT molecular complexity index is 472. The average Bonchev–Trinajstić information content (AvgIpc) is 2.43. The molecule has 0 N–H and O–H groups in total. The predicted molar refractivity (Wildman–Crippen MR) is 64.1 cm³/mol. The first kappa shape index (κ1) is 10.3. The van der Waals surface area contributed by atoms with Crippen LogP contribution in [0, 0.1) is 12.3 Å². The molecule has 0 aliphatic heterocycles. The molecule has 1 heterocycles. The predicted octanol–water partition coefficient (Wildman–Crippen LogP) is 4.33. The van der Waals surface area contributed by atoms with Crippen LogP contribution >= 0.6 is 0 Å². The van der Waals surface area contributed by atoms with Crippen LogP contribution in [0.3, 0.4) is 0 Å². The van der Waals surface area contributed by atoms with Crippen molar-refractivity contribution in [1.82, 2.24) is 0 Å². The molecular weight excluding hydrogens is 184 g/mol. The third kappa shape index (κ3) is 2.23. The molecule has 0 aliphatic rings. The lowest BCUT2D eigenvalue weighted by Gasteiger charge is -2.17. The third-order valence-corrected chi connectivity index (χ3v) is 2.47. The first-order valence-electron chi connectivity index (χ1n) is 5.44. The van der Waals surface area contributed by atoms with E-state index >= 15 is 0 Å². The number of rotatable bonds is 1. The topological polar surface area (TPSA) is 13.1 Å². The Balaban J connectivity index is 2.51. The largest absolute Gasteiger partial charge is 0.461 e. The van der Waals surface area contributed by atoms with Gasteiger partial charge < -0.3 is 4.42 Å². The average molecular weight is 202 g/mol. The lowest BCUT2D eigenvalue weighted by atomic mass is 9.88. The van der Waals surface area contributed by atoms with Gasteiger partial charge in [-0.15, -0.1) is 0 Å². The number of furan rings is 1. The van der Waals surface area contributed by atoms with Gasteiger partial charge in [0.15, 0.2) is 0 Å². The fraction of sp³-hybridized carbons (Fsp3) is 0.429. The first-order chi connectivity index (χ1) is 6.96. The van der Waals surface area contributed by atoms with E-state index in [0.717, 1.165) is 17.8 Å². The van der Waals surface area contributed by atoms with E-state index < -0.39 is 0 Å². The SMILES string of the molecule is Cc1cc2cccc(CC(C)(C)C)c2o1. The molecule has 80 valence electrons. The minimum atomic E-state index is 0.301. The summed E-state index contributed by atoms with van der Waals surface area (Å²) >= 11 is 0. The Labute approximate surface area is 91.1 Å². The van der Waals surface area contributed by atoms with Crippen molar-refractivity contribution in [2.45, 2.75) is 34.1 Å². The summed E-state index contributed by atoms with van der Waals surface area (Å²) in [5, 5.41) is 1.22. The van der Waals surface area contributed by atoms with Gasteiger partial charge in [-0.25, -0.2) is 0 Å². The van der Waals surface area contributed by atoms with E-state index in [0.29, 0.717) is 5.41 Å². The summed E-state index contributed by atoms with van der Waals surface area (Å²) in [4.78, 5) is 0. The van der Waals surface area contributed by atoms with Crippen LogP contribution in [-0.2, 0) is 6.42 Å². The van der Waals surface area contributed by atoms with E-state index in [1.165, 1.54) is 10.9 Å². The molecule has 1 aromatic carbocycles. The van der Waals surface area contributed by atoms with E-state index in [-0.39, 0.29) is 0 Å². The summed E-state index contributed by atoms with van der Waals surface area (Å²) < 4.78 is 5.74. The molecule has 0 atom stereocenters. The van der Waals surface area contributed by atoms with Gasteiger partial charge in [0.1, 0.15) is 11.3 Å². The number of para-hydroxylation sites is 1. The Hall–Kier alpha value is -1.24. The van der Waals surface area contributed by atoms with Crippen molar-refractivity contribution in [3.05, 3.63) is 35.6 Å². The zero-order valence-corrected chi connectivity index (χ0v) is 9.92. The molecule has 0 unspecified atom stereocenters. The molecule has 15 heavy (non-hydrogen) atoms.